The van der Waals surface area contributed by atoms with Crippen molar-refractivity contribution in [3.63, 3.8) is 0 Å². The zero-order valence-corrected chi connectivity index (χ0v) is 16.4. The lowest BCUT2D eigenvalue weighted by atomic mass is 10.1. The van der Waals surface area contributed by atoms with Gasteiger partial charge in [-0.15, -0.1) is 0 Å². The van der Waals surface area contributed by atoms with E-state index in [1.54, 1.807) is 6.20 Å². The van der Waals surface area contributed by atoms with E-state index in [2.05, 4.69) is 20.6 Å². The quantitative estimate of drug-likeness (QED) is 0.798. The van der Waals surface area contributed by atoms with Gasteiger partial charge in [-0.25, -0.2) is 4.68 Å². The Morgan fingerprint density at radius 3 is 2.81 bits per heavy atom. The first-order chi connectivity index (χ1) is 13.1. The Morgan fingerprint density at radius 1 is 1.33 bits per heavy atom. The number of benzene rings is 1. The number of amides is 1. The Hall–Kier alpha value is -1.89. The van der Waals surface area contributed by atoms with Crippen LogP contribution in [0.3, 0.4) is 0 Å². The summed E-state index contributed by atoms with van der Waals surface area (Å²) in [6.07, 6.45) is 3.90. The maximum atomic E-state index is 12.8. The largest absolute Gasteiger partial charge is 0.351 e. The highest BCUT2D eigenvalue weighted by Gasteiger charge is 2.33. The Labute approximate surface area is 164 Å². The lowest BCUT2D eigenvalue weighted by Crippen LogP contribution is -2.46. The normalized spacial score (nSPS) is 17.9. The molecule has 6 nitrogen and oxygen atoms in total. The molecule has 0 radical (unpaired) electrons. The van der Waals surface area contributed by atoms with Gasteiger partial charge in [0, 0.05) is 50.2 Å². The van der Waals surface area contributed by atoms with Crippen molar-refractivity contribution < 1.29 is 4.79 Å². The molecular weight excluding hydrogens is 362 g/mol. The molecule has 1 amide bonds. The van der Waals surface area contributed by atoms with Gasteiger partial charge in [0.15, 0.2) is 0 Å². The minimum absolute atomic E-state index is 0.0310. The molecule has 0 atom stereocenters. The summed E-state index contributed by atoms with van der Waals surface area (Å²) in [7, 11) is 0. The molecular formula is C20H26ClN5O. The molecule has 2 heterocycles. The number of rotatable bonds is 6. The molecule has 1 aliphatic heterocycles. The number of piperazine rings is 1. The summed E-state index contributed by atoms with van der Waals surface area (Å²) in [4.78, 5) is 15.2. The summed E-state index contributed by atoms with van der Waals surface area (Å²) < 4.78 is 1.88. The monoisotopic (exact) mass is 387 g/mol. The maximum Gasteiger partial charge on any atom is 0.254 e. The van der Waals surface area contributed by atoms with Crippen LogP contribution in [-0.4, -0.2) is 59.9 Å². The standard InChI is InChI=1S/C20H26ClN5O/c1-14-2-5-16(12-18(14)21)26-19(15-3-4-15)17(13-24-26)20(27)23-8-11-25-9-6-22-7-10-25/h2,5,12-13,15,22H,3-4,6-11H2,1H3,(H,23,27). The van der Waals surface area contributed by atoms with E-state index >= 15 is 0 Å². The highest BCUT2D eigenvalue weighted by molar-refractivity contribution is 6.31. The number of hydrogen-bond donors (Lipinski definition) is 2. The maximum absolute atomic E-state index is 12.8. The summed E-state index contributed by atoms with van der Waals surface area (Å²) in [6, 6.07) is 5.91. The van der Waals surface area contributed by atoms with E-state index in [9.17, 15) is 4.79 Å². The zero-order valence-electron chi connectivity index (χ0n) is 15.7. The van der Waals surface area contributed by atoms with Crippen LogP contribution in [0.5, 0.6) is 0 Å². The van der Waals surface area contributed by atoms with Crippen molar-refractivity contribution in [3.8, 4) is 5.69 Å². The number of aryl methyl sites for hydroxylation is 1. The molecule has 1 aliphatic carbocycles. The van der Waals surface area contributed by atoms with Gasteiger partial charge in [0.1, 0.15) is 0 Å². The van der Waals surface area contributed by atoms with Gasteiger partial charge >= 0.3 is 0 Å². The number of hydrogen-bond acceptors (Lipinski definition) is 4. The molecule has 2 fully saturated rings. The van der Waals surface area contributed by atoms with Gasteiger partial charge in [-0.05, 0) is 37.5 Å². The lowest BCUT2D eigenvalue weighted by molar-refractivity contribution is 0.0946. The van der Waals surface area contributed by atoms with Crippen LogP contribution in [-0.2, 0) is 0 Å². The Kier molecular flexibility index (Phi) is 5.48. The van der Waals surface area contributed by atoms with Crippen LogP contribution < -0.4 is 10.6 Å². The average Bonchev–Trinajstić information content (AvgIpc) is 3.42. The van der Waals surface area contributed by atoms with Crippen molar-refractivity contribution in [1.82, 2.24) is 25.3 Å². The van der Waals surface area contributed by atoms with Crippen LogP contribution >= 0.6 is 11.6 Å². The third-order valence-electron chi connectivity index (χ3n) is 5.34. The van der Waals surface area contributed by atoms with Gasteiger partial charge in [-0.2, -0.15) is 5.10 Å². The molecule has 2 aliphatic rings. The molecule has 2 N–H and O–H groups in total. The first kappa shape index (κ1) is 18.5. The summed E-state index contributed by atoms with van der Waals surface area (Å²) in [5.74, 6) is 0.373. The second kappa shape index (κ2) is 8.00. The van der Waals surface area contributed by atoms with Crippen molar-refractivity contribution in [2.75, 3.05) is 39.3 Å². The average molecular weight is 388 g/mol. The number of nitrogens with one attached hydrogen (secondary N) is 2. The molecule has 144 valence electrons. The number of aromatic nitrogens is 2. The van der Waals surface area contributed by atoms with Gasteiger partial charge in [-0.3, -0.25) is 9.69 Å². The van der Waals surface area contributed by atoms with Crippen molar-refractivity contribution >= 4 is 17.5 Å². The first-order valence-electron chi connectivity index (χ1n) is 9.69. The Bertz CT molecular complexity index is 824. The molecule has 0 spiro atoms. The molecule has 1 saturated carbocycles. The highest BCUT2D eigenvalue weighted by Crippen LogP contribution is 2.42. The lowest BCUT2D eigenvalue weighted by Gasteiger charge is -2.27. The molecule has 27 heavy (non-hydrogen) atoms. The molecule has 7 heteroatoms. The first-order valence-corrected chi connectivity index (χ1v) is 10.1. The van der Waals surface area contributed by atoms with E-state index in [0.29, 0.717) is 23.0 Å². The van der Waals surface area contributed by atoms with Crippen molar-refractivity contribution in [2.45, 2.75) is 25.7 Å². The van der Waals surface area contributed by atoms with Crippen LogP contribution in [0, 0.1) is 6.92 Å². The number of halogens is 1. The van der Waals surface area contributed by atoms with Crippen LogP contribution in [0.25, 0.3) is 5.69 Å². The molecule has 1 saturated heterocycles. The van der Waals surface area contributed by atoms with Crippen LogP contribution in [0.1, 0.15) is 40.4 Å². The van der Waals surface area contributed by atoms with Crippen molar-refractivity contribution in [3.05, 3.63) is 46.2 Å². The number of carbonyl (C=O) groups excluding carboxylic acids is 1. The predicted molar refractivity (Wildman–Crippen MR) is 107 cm³/mol. The van der Waals surface area contributed by atoms with Crippen LogP contribution in [0.2, 0.25) is 5.02 Å². The Balaban J connectivity index is 1.48. The molecule has 2 aromatic rings. The highest BCUT2D eigenvalue weighted by atomic mass is 35.5. The van der Waals surface area contributed by atoms with E-state index < -0.39 is 0 Å². The summed E-state index contributed by atoms with van der Waals surface area (Å²) >= 11 is 6.29. The van der Waals surface area contributed by atoms with Gasteiger partial charge in [-0.1, -0.05) is 17.7 Å². The third kappa shape index (κ3) is 4.18. The minimum atomic E-state index is -0.0310. The molecule has 4 rings (SSSR count). The third-order valence-corrected chi connectivity index (χ3v) is 5.75. The van der Waals surface area contributed by atoms with Gasteiger partial charge in [0.2, 0.25) is 0 Å². The summed E-state index contributed by atoms with van der Waals surface area (Å²) in [5, 5.41) is 11.6. The molecule has 0 bridgehead atoms. The fraction of sp³-hybridized carbons (Fsp3) is 0.500. The Morgan fingerprint density at radius 2 is 2.11 bits per heavy atom. The second-order valence-electron chi connectivity index (χ2n) is 7.41. The van der Waals surface area contributed by atoms with E-state index in [0.717, 1.165) is 62.5 Å². The van der Waals surface area contributed by atoms with Crippen molar-refractivity contribution in [1.29, 1.82) is 0 Å². The van der Waals surface area contributed by atoms with Crippen LogP contribution in [0.15, 0.2) is 24.4 Å². The second-order valence-corrected chi connectivity index (χ2v) is 7.82. The van der Waals surface area contributed by atoms with Crippen molar-refractivity contribution in [2.24, 2.45) is 0 Å². The van der Waals surface area contributed by atoms with E-state index in [4.69, 9.17) is 11.6 Å². The smallest absolute Gasteiger partial charge is 0.254 e. The fourth-order valence-corrected chi connectivity index (χ4v) is 3.73. The number of carbonyl (C=O) groups is 1. The van der Waals surface area contributed by atoms with E-state index in [-0.39, 0.29) is 5.91 Å². The predicted octanol–water partition coefficient (Wildman–Crippen LogP) is 2.35. The number of nitrogens with zero attached hydrogens (tertiary/aromatic N) is 3. The fourth-order valence-electron chi connectivity index (χ4n) is 3.56. The summed E-state index contributed by atoms with van der Waals surface area (Å²) in [6.45, 7) is 7.63. The molecule has 1 aromatic heterocycles. The van der Waals surface area contributed by atoms with Gasteiger partial charge in [0.05, 0.1) is 23.1 Å². The van der Waals surface area contributed by atoms with E-state index in [1.807, 2.05) is 29.8 Å². The zero-order chi connectivity index (χ0) is 18.8. The molecule has 1 aromatic carbocycles. The molecule has 0 unspecified atom stereocenters. The van der Waals surface area contributed by atoms with Gasteiger partial charge < -0.3 is 10.6 Å². The SMILES string of the molecule is Cc1ccc(-n2ncc(C(=O)NCCN3CCNCC3)c2C2CC2)cc1Cl. The van der Waals surface area contributed by atoms with E-state index in [1.165, 1.54) is 0 Å². The minimum Gasteiger partial charge on any atom is -0.351 e. The van der Waals surface area contributed by atoms with Crippen LogP contribution in [0.4, 0.5) is 0 Å². The topological polar surface area (TPSA) is 62.2 Å². The van der Waals surface area contributed by atoms with Gasteiger partial charge in [0.25, 0.3) is 5.91 Å². The summed E-state index contributed by atoms with van der Waals surface area (Å²) in [5.41, 5.74) is 3.64.